The van der Waals surface area contributed by atoms with Crippen LogP contribution in [0.2, 0.25) is 10.0 Å². The first-order valence-corrected chi connectivity index (χ1v) is 7.23. The quantitative estimate of drug-likeness (QED) is 0.819. The van der Waals surface area contributed by atoms with Crippen LogP contribution in [-0.4, -0.2) is 7.11 Å². The van der Waals surface area contributed by atoms with Gasteiger partial charge in [-0.1, -0.05) is 29.3 Å². The van der Waals surface area contributed by atoms with E-state index in [4.69, 9.17) is 33.7 Å². The summed E-state index contributed by atoms with van der Waals surface area (Å²) < 4.78 is 19.9. The summed E-state index contributed by atoms with van der Waals surface area (Å²) in [4.78, 5) is 0. The molecule has 0 heterocycles. The summed E-state index contributed by atoms with van der Waals surface area (Å²) in [6, 6.07) is 6.96. The zero-order valence-electron chi connectivity index (χ0n) is 10.5. The molecule has 0 bridgehead atoms. The third-order valence-electron chi connectivity index (χ3n) is 2.89. The van der Waals surface area contributed by atoms with E-state index in [1.54, 1.807) is 18.2 Å². The lowest BCUT2D eigenvalue weighted by atomic mass is 9.98. The van der Waals surface area contributed by atoms with Crippen molar-refractivity contribution in [1.29, 1.82) is 0 Å². The van der Waals surface area contributed by atoms with Gasteiger partial charge in [0.05, 0.1) is 17.6 Å². The summed E-state index contributed by atoms with van der Waals surface area (Å²) in [6.45, 7) is 0. The third-order valence-corrected chi connectivity index (χ3v) is 4.02. The summed E-state index contributed by atoms with van der Waals surface area (Å²) in [6.07, 6.45) is 0. The van der Waals surface area contributed by atoms with Crippen molar-refractivity contribution in [2.75, 3.05) is 7.11 Å². The maximum absolute atomic E-state index is 14.0. The van der Waals surface area contributed by atoms with E-state index < -0.39 is 11.9 Å². The van der Waals surface area contributed by atoms with Crippen LogP contribution in [-0.2, 0) is 0 Å². The van der Waals surface area contributed by atoms with Gasteiger partial charge in [-0.25, -0.2) is 4.39 Å². The molecule has 0 saturated carbocycles. The minimum absolute atomic E-state index is 0.210. The van der Waals surface area contributed by atoms with Gasteiger partial charge in [0.1, 0.15) is 11.6 Å². The molecule has 0 fully saturated rings. The molecule has 6 heteroatoms. The fourth-order valence-electron chi connectivity index (χ4n) is 1.99. The van der Waals surface area contributed by atoms with Crippen molar-refractivity contribution in [3.05, 3.63) is 61.8 Å². The molecule has 0 saturated heterocycles. The molecule has 2 aromatic carbocycles. The first-order valence-electron chi connectivity index (χ1n) is 5.68. The number of hydrogen-bond donors (Lipinski definition) is 1. The monoisotopic (exact) mass is 377 g/mol. The molecule has 2 aromatic rings. The molecule has 0 radical (unpaired) electrons. The van der Waals surface area contributed by atoms with Gasteiger partial charge in [-0.2, -0.15) is 0 Å². The number of rotatable bonds is 3. The van der Waals surface area contributed by atoms with Gasteiger partial charge < -0.3 is 10.5 Å². The first-order chi connectivity index (χ1) is 9.45. The molecule has 0 aliphatic carbocycles. The standard InChI is InChI=1S/C14H11BrCl2FNO/c1-20-14-8(5-7(16)6-9(14)15)13(19)12-10(17)3-2-4-11(12)18/h2-6,13H,19H2,1H3. The maximum atomic E-state index is 14.0. The lowest BCUT2D eigenvalue weighted by Crippen LogP contribution is -2.15. The van der Waals surface area contributed by atoms with Crippen molar-refractivity contribution in [1.82, 2.24) is 0 Å². The van der Waals surface area contributed by atoms with Gasteiger partial charge in [0.15, 0.2) is 0 Å². The molecule has 2 nitrogen and oxygen atoms in total. The van der Waals surface area contributed by atoms with Crippen molar-refractivity contribution < 1.29 is 9.13 Å². The SMILES string of the molecule is COc1c(Br)cc(Cl)cc1C(N)c1c(F)cccc1Cl. The van der Waals surface area contributed by atoms with Gasteiger partial charge >= 0.3 is 0 Å². The molecule has 2 rings (SSSR count). The van der Waals surface area contributed by atoms with Gasteiger partial charge in [-0.15, -0.1) is 0 Å². The van der Waals surface area contributed by atoms with Crippen molar-refractivity contribution in [2.45, 2.75) is 6.04 Å². The highest BCUT2D eigenvalue weighted by atomic mass is 79.9. The normalized spacial score (nSPS) is 12.3. The Balaban J connectivity index is 2.62. The Bertz CT molecular complexity index is 631. The van der Waals surface area contributed by atoms with E-state index in [1.807, 2.05) is 0 Å². The summed E-state index contributed by atoms with van der Waals surface area (Å²) in [7, 11) is 1.51. The van der Waals surface area contributed by atoms with Gasteiger partial charge in [0, 0.05) is 21.2 Å². The van der Waals surface area contributed by atoms with Crippen LogP contribution in [0.25, 0.3) is 0 Å². The molecule has 20 heavy (non-hydrogen) atoms. The molecule has 1 atom stereocenters. The number of benzene rings is 2. The smallest absolute Gasteiger partial charge is 0.138 e. The summed E-state index contributed by atoms with van der Waals surface area (Å²) in [5.41, 5.74) is 6.91. The zero-order valence-corrected chi connectivity index (χ0v) is 13.6. The second kappa shape index (κ2) is 6.31. The Hall–Kier alpha value is -0.810. The van der Waals surface area contributed by atoms with Gasteiger partial charge in [-0.05, 0) is 40.2 Å². The zero-order chi connectivity index (χ0) is 14.9. The minimum atomic E-state index is -0.784. The Morgan fingerprint density at radius 3 is 2.60 bits per heavy atom. The van der Waals surface area contributed by atoms with Crippen molar-refractivity contribution in [3.63, 3.8) is 0 Å². The van der Waals surface area contributed by atoms with E-state index in [2.05, 4.69) is 15.9 Å². The van der Waals surface area contributed by atoms with E-state index in [1.165, 1.54) is 19.2 Å². The molecule has 0 amide bonds. The molecule has 0 spiro atoms. The summed E-state index contributed by atoms with van der Waals surface area (Å²) >= 11 is 15.4. The number of methoxy groups -OCH3 is 1. The summed E-state index contributed by atoms with van der Waals surface area (Å²) in [5, 5.41) is 0.728. The van der Waals surface area contributed by atoms with Crippen molar-refractivity contribution in [2.24, 2.45) is 5.73 Å². The Kier molecular flexibility index (Phi) is 4.91. The average molecular weight is 379 g/mol. The van der Waals surface area contributed by atoms with Crippen LogP contribution in [0.5, 0.6) is 5.75 Å². The Morgan fingerprint density at radius 1 is 1.30 bits per heavy atom. The van der Waals surface area contributed by atoms with Gasteiger partial charge in [0.2, 0.25) is 0 Å². The summed E-state index contributed by atoms with van der Waals surface area (Å²) in [5.74, 6) is 0.0318. The van der Waals surface area contributed by atoms with Crippen LogP contribution in [0.4, 0.5) is 4.39 Å². The largest absolute Gasteiger partial charge is 0.495 e. The fraction of sp³-hybridized carbons (Fsp3) is 0.143. The molecule has 1 unspecified atom stereocenters. The highest BCUT2D eigenvalue weighted by Gasteiger charge is 2.22. The molecule has 106 valence electrons. The highest BCUT2D eigenvalue weighted by Crippen LogP contribution is 2.39. The van der Waals surface area contributed by atoms with E-state index in [9.17, 15) is 4.39 Å². The Morgan fingerprint density at radius 2 is 2.00 bits per heavy atom. The molecular weight excluding hydrogens is 368 g/mol. The Labute approximate surface area is 134 Å². The second-order valence-corrected chi connectivity index (χ2v) is 5.82. The predicted octanol–water partition coefficient (Wildman–Crippen LogP) is 4.95. The van der Waals surface area contributed by atoms with Crippen LogP contribution in [0, 0.1) is 5.82 Å². The van der Waals surface area contributed by atoms with Crippen LogP contribution in [0.3, 0.4) is 0 Å². The molecular formula is C14H11BrCl2FNO. The van der Waals surface area contributed by atoms with E-state index in [0.717, 1.165) is 0 Å². The van der Waals surface area contributed by atoms with Crippen molar-refractivity contribution in [3.8, 4) is 5.75 Å². The van der Waals surface area contributed by atoms with Crippen LogP contribution >= 0.6 is 39.1 Å². The number of nitrogens with two attached hydrogens (primary N) is 1. The van der Waals surface area contributed by atoms with Gasteiger partial charge in [0.25, 0.3) is 0 Å². The fourth-order valence-corrected chi connectivity index (χ4v) is 3.27. The predicted molar refractivity (Wildman–Crippen MR) is 83.1 cm³/mol. The second-order valence-electron chi connectivity index (χ2n) is 4.12. The van der Waals surface area contributed by atoms with E-state index in [0.29, 0.717) is 20.8 Å². The van der Waals surface area contributed by atoms with Gasteiger partial charge in [-0.3, -0.25) is 0 Å². The molecule has 0 aromatic heterocycles. The molecule has 0 aliphatic rings. The molecule has 2 N–H and O–H groups in total. The van der Waals surface area contributed by atoms with E-state index >= 15 is 0 Å². The average Bonchev–Trinajstić information content (AvgIpc) is 2.37. The maximum Gasteiger partial charge on any atom is 0.138 e. The van der Waals surface area contributed by atoms with Crippen LogP contribution < -0.4 is 10.5 Å². The highest BCUT2D eigenvalue weighted by molar-refractivity contribution is 9.10. The topological polar surface area (TPSA) is 35.2 Å². The number of ether oxygens (including phenoxy) is 1. The minimum Gasteiger partial charge on any atom is -0.495 e. The lowest BCUT2D eigenvalue weighted by molar-refractivity contribution is 0.404. The number of hydrogen-bond acceptors (Lipinski definition) is 2. The van der Waals surface area contributed by atoms with Crippen molar-refractivity contribution >= 4 is 39.1 Å². The molecule has 0 aliphatic heterocycles. The first kappa shape index (κ1) is 15.6. The van der Waals surface area contributed by atoms with Crippen LogP contribution in [0.1, 0.15) is 17.2 Å². The number of halogens is 4. The van der Waals surface area contributed by atoms with Crippen LogP contribution in [0.15, 0.2) is 34.8 Å². The lowest BCUT2D eigenvalue weighted by Gasteiger charge is -2.19. The van der Waals surface area contributed by atoms with E-state index in [-0.39, 0.29) is 10.6 Å². The third kappa shape index (κ3) is 2.93.